The van der Waals surface area contributed by atoms with Gasteiger partial charge < -0.3 is 15.1 Å². The van der Waals surface area contributed by atoms with Crippen LogP contribution in [0.2, 0.25) is 0 Å². The fraction of sp³-hybridized carbons (Fsp3) is 0.167. The van der Waals surface area contributed by atoms with Gasteiger partial charge in [0.25, 0.3) is 5.91 Å². The van der Waals surface area contributed by atoms with Gasteiger partial charge in [-0.2, -0.15) is 0 Å². The Morgan fingerprint density at radius 1 is 0.897 bits per heavy atom. The highest BCUT2D eigenvalue weighted by Crippen LogP contribution is 2.26. The standard InChI is InChI=1S/C30H29N7O2/c1-35(2)25-16-14-24(15-17-25)32-30(39)29(23-10-4-3-5-11-23)36(20-22-9-8-18-31-19-22)28(38)21-37-27-13-7-6-12-26(27)33-34-37/h3-19,29H,20-21H2,1-2H3,(H,32,39). The van der Waals surface area contributed by atoms with Crippen LogP contribution in [0.25, 0.3) is 11.0 Å². The van der Waals surface area contributed by atoms with Crippen LogP contribution in [0.1, 0.15) is 17.2 Å². The molecule has 0 saturated carbocycles. The lowest BCUT2D eigenvalue weighted by atomic mass is 10.0. The molecule has 0 aliphatic heterocycles. The number of aromatic nitrogens is 4. The van der Waals surface area contributed by atoms with Gasteiger partial charge in [0, 0.05) is 44.4 Å². The molecule has 0 aliphatic rings. The van der Waals surface area contributed by atoms with Crippen molar-refractivity contribution in [2.45, 2.75) is 19.1 Å². The van der Waals surface area contributed by atoms with E-state index < -0.39 is 6.04 Å². The molecule has 2 amide bonds. The number of carbonyl (C=O) groups is 2. The van der Waals surface area contributed by atoms with Crippen molar-refractivity contribution in [3.63, 3.8) is 0 Å². The third-order valence-corrected chi connectivity index (χ3v) is 6.43. The van der Waals surface area contributed by atoms with Crippen LogP contribution < -0.4 is 10.2 Å². The van der Waals surface area contributed by atoms with Crippen LogP contribution in [0.3, 0.4) is 0 Å². The first-order chi connectivity index (χ1) is 19.0. The van der Waals surface area contributed by atoms with Crippen molar-refractivity contribution < 1.29 is 9.59 Å². The number of amides is 2. The molecule has 0 aliphatic carbocycles. The second-order valence-corrected chi connectivity index (χ2v) is 9.36. The average Bonchev–Trinajstić information content (AvgIpc) is 3.36. The lowest BCUT2D eigenvalue weighted by Gasteiger charge is -2.31. The van der Waals surface area contributed by atoms with Crippen LogP contribution in [0, 0.1) is 0 Å². The van der Waals surface area contributed by atoms with Gasteiger partial charge in [-0.15, -0.1) is 5.10 Å². The van der Waals surface area contributed by atoms with Crippen molar-refractivity contribution in [3.05, 3.63) is 115 Å². The maximum atomic E-state index is 14.0. The van der Waals surface area contributed by atoms with Gasteiger partial charge in [-0.05, 0) is 53.6 Å². The minimum absolute atomic E-state index is 0.0745. The molecular formula is C30H29N7O2. The topological polar surface area (TPSA) is 96.2 Å². The Morgan fingerprint density at radius 2 is 1.64 bits per heavy atom. The Balaban J connectivity index is 1.50. The Labute approximate surface area is 226 Å². The van der Waals surface area contributed by atoms with E-state index in [2.05, 4.69) is 20.6 Å². The number of anilines is 2. The number of nitrogens with zero attached hydrogens (tertiary/aromatic N) is 6. The molecule has 5 rings (SSSR count). The molecule has 1 atom stereocenters. The summed E-state index contributed by atoms with van der Waals surface area (Å²) in [5.74, 6) is -0.596. The predicted molar refractivity (Wildman–Crippen MR) is 151 cm³/mol. The van der Waals surface area contributed by atoms with Gasteiger partial charge in [0.2, 0.25) is 5.91 Å². The number of carbonyl (C=O) groups excluding carboxylic acids is 2. The van der Waals surface area contributed by atoms with Gasteiger partial charge in [-0.3, -0.25) is 14.6 Å². The van der Waals surface area contributed by atoms with Crippen LogP contribution in [-0.2, 0) is 22.7 Å². The van der Waals surface area contributed by atoms with E-state index in [9.17, 15) is 9.59 Å². The molecule has 1 N–H and O–H groups in total. The van der Waals surface area contributed by atoms with Gasteiger partial charge in [0.15, 0.2) is 0 Å². The highest BCUT2D eigenvalue weighted by Gasteiger charge is 2.32. The molecular weight excluding hydrogens is 490 g/mol. The van der Waals surface area contributed by atoms with Crippen molar-refractivity contribution in [2.75, 3.05) is 24.3 Å². The van der Waals surface area contributed by atoms with E-state index in [1.165, 1.54) is 0 Å². The average molecular weight is 520 g/mol. The third-order valence-electron chi connectivity index (χ3n) is 6.43. The van der Waals surface area contributed by atoms with Gasteiger partial charge in [0.05, 0.1) is 5.52 Å². The van der Waals surface area contributed by atoms with Crippen LogP contribution in [0.15, 0.2) is 103 Å². The highest BCUT2D eigenvalue weighted by atomic mass is 16.2. The van der Waals surface area contributed by atoms with Gasteiger partial charge in [0.1, 0.15) is 18.1 Å². The van der Waals surface area contributed by atoms with Crippen molar-refractivity contribution in [3.8, 4) is 0 Å². The molecule has 5 aromatic rings. The van der Waals surface area contributed by atoms with E-state index in [4.69, 9.17) is 0 Å². The first-order valence-corrected chi connectivity index (χ1v) is 12.6. The van der Waals surface area contributed by atoms with Gasteiger partial charge in [-0.25, -0.2) is 4.68 Å². The van der Waals surface area contributed by atoms with Gasteiger partial charge >= 0.3 is 0 Å². The van der Waals surface area contributed by atoms with Crippen LogP contribution >= 0.6 is 0 Å². The number of benzene rings is 3. The van der Waals surface area contributed by atoms with Crippen molar-refractivity contribution in [1.29, 1.82) is 0 Å². The SMILES string of the molecule is CN(C)c1ccc(NC(=O)C(c2ccccc2)N(Cc2cccnc2)C(=O)Cn2nnc3ccccc32)cc1. The maximum absolute atomic E-state index is 14.0. The molecule has 2 heterocycles. The summed E-state index contributed by atoms with van der Waals surface area (Å²) in [5, 5.41) is 11.4. The molecule has 9 nitrogen and oxygen atoms in total. The van der Waals surface area contributed by atoms with Crippen molar-refractivity contribution in [2.24, 2.45) is 0 Å². The van der Waals surface area contributed by atoms with E-state index in [0.29, 0.717) is 16.8 Å². The third kappa shape index (κ3) is 5.93. The molecule has 9 heteroatoms. The first-order valence-electron chi connectivity index (χ1n) is 12.6. The minimum Gasteiger partial charge on any atom is -0.378 e. The van der Waals surface area contributed by atoms with E-state index >= 15 is 0 Å². The van der Waals surface area contributed by atoms with E-state index in [0.717, 1.165) is 16.8 Å². The fourth-order valence-corrected chi connectivity index (χ4v) is 4.43. The van der Waals surface area contributed by atoms with Crippen LogP contribution in [0.5, 0.6) is 0 Å². The molecule has 0 saturated heterocycles. The number of rotatable bonds is 9. The summed E-state index contributed by atoms with van der Waals surface area (Å²) < 4.78 is 1.56. The quantitative estimate of drug-likeness (QED) is 0.312. The normalized spacial score (nSPS) is 11.6. The smallest absolute Gasteiger partial charge is 0.251 e. The van der Waals surface area contributed by atoms with Crippen LogP contribution in [0.4, 0.5) is 11.4 Å². The molecule has 39 heavy (non-hydrogen) atoms. The maximum Gasteiger partial charge on any atom is 0.251 e. The number of para-hydroxylation sites is 1. The summed E-state index contributed by atoms with van der Waals surface area (Å²) in [6.07, 6.45) is 3.38. The Bertz CT molecular complexity index is 1550. The Morgan fingerprint density at radius 3 is 2.36 bits per heavy atom. The molecule has 0 radical (unpaired) electrons. The first kappa shape index (κ1) is 25.6. The second kappa shape index (κ2) is 11.6. The zero-order valence-electron chi connectivity index (χ0n) is 21.8. The van der Waals surface area contributed by atoms with Crippen molar-refractivity contribution >= 4 is 34.2 Å². The Hall–Kier alpha value is -5.05. The second-order valence-electron chi connectivity index (χ2n) is 9.36. The summed E-state index contributed by atoms with van der Waals surface area (Å²) in [5.41, 5.74) is 4.60. The lowest BCUT2D eigenvalue weighted by Crippen LogP contribution is -2.42. The minimum atomic E-state index is -0.901. The molecule has 1 unspecified atom stereocenters. The van der Waals surface area contributed by atoms with E-state index in [1.54, 1.807) is 22.0 Å². The summed E-state index contributed by atoms with van der Waals surface area (Å²) in [6.45, 7) is 0.112. The zero-order chi connectivity index (χ0) is 27.2. The number of nitrogens with one attached hydrogen (secondary N) is 1. The summed E-state index contributed by atoms with van der Waals surface area (Å²) in [4.78, 5) is 35.7. The molecule has 196 valence electrons. The molecule has 0 spiro atoms. The van der Waals surface area contributed by atoms with E-state index in [1.807, 2.05) is 110 Å². The van der Waals surface area contributed by atoms with Crippen LogP contribution in [-0.4, -0.2) is 50.8 Å². The fourth-order valence-electron chi connectivity index (χ4n) is 4.43. The predicted octanol–water partition coefficient (Wildman–Crippen LogP) is 4.30. The highest BCUT2D eigenvalue weighted by molar-refractivity contribution is 5.98. The molecule has 3 aromatic carbocycles. The monoisotopic (exact) mass is 519 g/mol. The number of hydrogen-bond acceptors (Lipinski definition) is 6. The number of hydrogen-bond donors (Lipinski definition) is 1. The van der Waals surface area contributed by atoms with Crippen molar-refractivity contribution in [1.82, 2.24) is 24.9 Å². The van der Waals surface area contributed by atoms with E-state index in [-0.39, 0.29) is 24.9 Å². The summed E-state index contributed by atoms with van der Waals surface area (Å²) in [6, 6.07) is 27.1. The molecule has 2 aromatic heterocycles. The zero-order valence-corrected chi connectivity index (χ0v) is 21.8. The number of pyridine rings is 1. The summed E-state index contributed by atoms with van der Waals surface area (Å²) in [7, 11) is 3.92. The lowest BCUT2D eigenvalue weighted by molar-refractivity contribution is -0.140. The molecule has 0 fully saturated rings. The summed E-state index contributed by atoms with van der Waals surface area (Å²) >= 11 is 0. The van der Waals surface area contributed by atoms with Gasteiger partial charge in [-0.1, -0.05) is 53.7 Å². The number of fused-ring (bicyclic) bond motifs is 1. The molecule has 0 bridgehead atoms. The largest absolute Gasteiger partial charge is 0.378 e. The Kier molecular flexibility index (Phi) is 7.58.